The number of ether oxygens (including phenoxy) is 1. The molecule has 2 aromatic heterocycles. The van der Waals surface area contributed by atoms with Crippen molar-refractivity contribution in [2.45, 2.75) is 36.8 Å². The van der Waals surface area contributed by atoms with Crippen molar-refractivity contribution in [2.75, 3.05) is 13.7 Å². The number of rotatable bonds is 7. The van der Waals surface area contributed by atoms with Crippen LogP contribution in [0.15, 0.2) is 40.7 Å². The fourth-order valence-electron chi connectivity index (χ4n) is 2.92. The Morgan fingerprint density at radius 3 is 2.65 bits per heavy atom. The second-order valence-electron chi connectivity index (χ2n) is 6.90. The molecule has 0 aliphatic heterocycles. The number of H-pyrrole nitrogens is 1. The number of sulfonamides is 1. The summed E-state index contributed by atoms with van der Waals surface area (Å²) in [7, 11) is -1.87. The third-order valence-electron chi connectivity index (χ3n) is 4.57. The summed E-state index contributed by atoms with van der Waals surface area (Å²) < 4.78 is 33.7. The van der Waals surface area contributed by atoms with Crippen molar-refractivity contribution in [3.8, 4) is 5.75 Å². The van der Waals surface area contributed by atoms with Gasteiger partial charge in [-0.1, -0.05) is 20.8 Å². The Hall–Kier alpha value is -1.83. The molecule has 0 bridgehead atoms. The van der Waals surface area contributed by atoms with E-state index in [0.29, 0.717) is 10.8 Å². The molecule has 7 heteroatoms. The van der Waals surface area contributed by atoms with Crippen molar-refractivity contribution < 1.29 is 13.2 Å². The van der Waals surface area contributed by atoms with E-state index >= 15 is 0 Å². The first-order valence-electron chi connectivity index (χ1n) is 8.51. The van der Waals surface area contributed by atoms with Crippen LogP contribution in [0.1, 0.15) is 31.2 Å². The average Bonchev–Trinajstić information content (AvgIpc) is 3.27. The Morgan fingerprint density at radius 2 is 2.00 bits per heavy atom. The first kappa shape index (κ1) is 18.9. The highest BCUT2D eigenvalue weighted by atomic mass is 32.2. The molecule has 0 saturated heterocycles. The fraction of sp³-hybridized carbons (Fsp3) is 0.368. The number of hydrogen-bond acceptors (Lipinski definition) is 4. The molecule has 0 radical (unpaired) electrons. The van der Waals surface area contributed by atoms with Crippen LogP contribution in [0.5, 0.6) is 5.75 Å². The van der Waals surface area contributed by atoms with Gasteiger partial charge in [0, 0.05) is 33.9 Å². The highest BCUT2D eigenvalue weighted by Crippen LogP contribution is 2.32. The number of methoxy groups -OCH3 is 1. The highest BCUT2D eigenvalue weighted by molar-refractivity contribution is 7.91. The maximum atomic E-state index is 12.6. The van der Waals surface area contributed by atoms with E-state index in [1.165, 1.54) is 11.3 Å². The molecule has 3 aromatic rings. The number of aryl methyl sites for hydroxylation is 1. The predicted molar refractivity (Wildman–Crippen MR) is 107 cm³/mol. The lowest BCUT2D eigenvalue weighted by Gasteiger charge is -2.24. The van der Waals surface area contributed by atoms with Gasteiger partial charge >= 0.3 is 0 Å². The minimum atomic E-state index is -3.51. The first-order chi connectivity index (χ1) is 12.3. The van der Waals surface area contributed by atoms with Crippen molar-refractivity contribution in [3.63, 3.8) is 0 Å². The Labute approximate surface area is 158 Å². The van der Waals surface area contributed by atoms with E-state index < -0.39 is 10.0 Å². The molecule has 0 aliphatic carbocycles. The summed E-state index contributed by atoms with van der Waals surface area (Å²) in [5.74, 6) is 0.778. The Kier molecular flexibility index (Phi) is 5.14. The van der Waals surface area contributed by atoms with Gasteiger partial charge in [0.05, 0.1) is 7.11 Å². The zero-order valence-electron chi connectivity index (χ0n) is 15.4. The number of thiophene rings is 1. The Bertz CT molecular complexity index is 1020. The van der Waals surface area contributed by atoms with E-state index in [9.17, 15) is 8.42 Å². The lowest BCUT2D eigenvalue weighted by atomic mass is 9.84. The molecule has 3 rings (SSSR count). The molecule has 26 heavy (non-hydrogen) atoms. The van der Waals surface area contributed by atoms with Gasteiger partial charge in [-0.3, -0.25) is 0 Å². The second-order valence-corrected chi connectivity index (χ2v) is 10.1. The van der Waals surface area contributed by atoms with Crippen LogP contribution >= 0.6 is 11.3 Å². The van der Waals surface area contributed by atoms with Crippen LogP contribution in [0, 0.1) is 0 Å². The molecule has 0 aliphatic rings. The zero-order chi connectivity index (χ0) is 18.9. The lowest BCUT2D eigenvalue weighted by molar-refractivity contribution is 0.415. The summed E-state index contributed by atoms with van der Waals surface area (Å²) >= 11 is 1.32. The molecule has 0 amide bonds. The molecule has 0 fully saturated rings. The summed E-state index contributed by atoms with van der Waals surface area (Å²) in [5, 5.41) is 1.04. The third-order valence-corrected chi connectivity index (χ3v) is 7.70. The van der Waals surface area contributed by atoms with Crippen molar-refractivity contribution in [1.29, 1.82) is 0 Å². The van der Waals surface area contributed by atoms with E-state index in [1.54, 1.807) is 13.2 Å². The van der Waals surface area contributed by atoms with Crippen molar-refractivity contribution in [1.82, 2.24) is 9.71 Å². The van der Waals surface area contributed by atoms with Gasteiger partial charge in [0.2, 0.25) is 10.0 Å². The summed E-state index contributed by atoms with van der Waals surface area (Å²) in [6.45, 7) is 6.38. The molecule has 2 N–H and O–H groups in total. The highest BCUT2D eigenvalue weighted by Gasteiger charge is 2.27. The number of hydrogen-bond donors (Lipinski definition) is 2. The number of aromatic nitrogens is 1. The topological polar surface area (TPSA) is 71.2 Å². The van der Waals surface area contributed by atoms with Crippen LogP contribution in [0.4, 0.5) is 0 Å². The molecule has 5 nitrogen and oxygen atoms in total. The van der Waals surface area contributed by atoms with Gasteiger partial charge in [-0.15, -0.1) is 11.3 Å². The summed E-state index contributed by atoms with van der Waals surface area (Å²) in [6, 6.07) is 9.40. The van der Waals surface area contributed by atoms with Crippen LogP contribution in [0.25, 0.3) is 10.9 Å². The van der Waals surface area contributed by atoms with Gasteiger partial charge in [0.1, 0.15) is 9.96 Å². The van der Waals surface area contributed by atoms with Gasteiger partial charge in [-0.2, -0.15) is 0 Å². The number of aromatic amines is 1. The average molecular weight is 393 g/mol. The van der Waals surface area contributed by atoms with Crippen LogP contribution in [0.2, 0.25) is 0 Å². The van der Waals surface area contributed by atoms with Crippen molar-refractivity contribution in [2.24, 2.45) is 0 Å². The first-order valence-corrected chi connectivity index (χ1v) is 10.8. The van der Waals surface area contributed by atoms with Gasteiger partial charge in [0.25, 0.3) is 0 Å². The number of benzene rings is 1. The van der Waals surface area contributed by atoms with Crippen molar-refractivity contribution in [3.05, 3.63) is 47.0 Å². The largest absolute Gasteiger partial charge is 0.497 e. The molecule has 2 heterocycles. The monoisotopic (exact) mass is 392 g/mol. The molecule has 0 atom stereocenters. The maximum Gasteiger partial charge on any atom is 0.250 e. The molecular weight excluding hydrogens is 368 g/mol. The summed E-state index contributed by atoms with van der Waals surface area (Å²) in [4.78, 5) is 4.32. The Balaban J connectivity index is 1.84. The normalized spacial score (nSPS) is 12.6. The maximum absolute atomic E-state index is 12.6. The summed E-state index contributed by atoms with van der Waals surface area (Å²) in [6.07, 6.45) is 2.78. The van der Waals surface area contributed by atoms with E-state index in [1.807, 2.05) is 51.2 Å². The van der Waals surface area contributed by atoms with Gasteiger partial charge in [-0.25, -0.2) is 13.1 Å². The van der Waals surface area contributed by atoms with Gasteiger partial charge < -0.3 is 9.72 Å². The van der Waals surface area contributed by atoms with Crippen LogP contribution in [-0.2, 0) is 21.9 Å². The Morgan fingerprint density at radius 1 is 1.23 bits per heavy atom. The molecule has 0 unspecified atom stereocenters. The van der Waals surface area contributed by atoms with E-state index in [4.69, 9.17) is 4.74 Å². The van der Waals surface area contributed by atoms with Crippen LogP contribution in [-0.4, -0.2) is 27.1 Å². The zero-order valence-corrected chi connectivity index (χ0v) is 17.1. The predicted octanol–water partition coefficient (Wildman–Crippen LogP) is 4.06. The standard InChI is InChI=1S/C19H24N2O3S2/c1-5-14-7-9-18(25-14)26(22,23)21-12-19(2,3)16-11-20-17-8-6-13(24-4)10-15(16)17/h6-11,20-21H,5,12H2,1-4H3. The van der Waals surface area contributed by atoms with Crippen LogP contribution < -0.4 is 9.46 Å². The van der Waals surface area contributed by atoms with Gasteiger partial charge in [0.15, 0.2) is 0 Å². The van der Waals surface area contributed by atoms with Gasteiger partial charge in [-0.05, 0) is 42.3 Å². The minimum absolute atomic E-state index is 0.304. The third kappa shape index (κ3) is 3.65. The molecule has 0 saturated carbocycles. The summed E-state index contributed by atoms with van der Waals surface area (Å²) in [5.41, 5.74) is 1.67. The SMILES string of the molecule is CCc1ccc(S(=O)(=O)NCC(C)(C)c2c[nH]c3ccc(OC)cc23)s1. The van der Waals surface area contributed by atoms with Crippen LogP contribution in [0.3, 0.4) is 0 Å². The van der Waals surface area contributed by atoms with E-state index in [2.05, 4.69) is 9.71 Å². The number of fused-ring (bicyclic) bond motifs is 1. The quantitative estimate of drug-likeness (QED) is 0.637. The minimum Gasteiger partial charge on any atom is -0.497 e. The molecular formula is C19H24N2O3S2. The smallest absolute Gasteiger partial charge is 0.250 e. The van der Waals surface area contributed by atoms with E-state index in [-0.39, 0.29) is 5.41 Å². The molecule has 0 spiro atoms. The fourth-order valence-corrected chi connectivity index (χ4v) is 5.47. The molecule has 1 aromatic carbocycles. The number of nitrogens with one attached hydrogen (secondary N) is 2. The van der Waals surface area contributed by atoms with E-state index in [0.717, 1.165) is 33.5 Å². The van der Waals surface area contributed by atoms with Crippen molar-refractivity contribution >= 4 is 32.3 Å². The molecule has 140 valence electrons. The second kappa shape index (κ2) is 7.06. The lowest BCUT2D eigenvalue weighted by Crippen LogP contribution is -2.36.